The molecule has 4 nitrogen and oxygen atoms in total. The Kier molecular flexibility index (Phi) is 3.18. The second-order valence-electron chi connectivity index (χ2n) is 3.32. The van der Waals surface area contributed by atoms with Crippen LogP contribution in [0, 0.1) is 6.92 Å². The number of fused-ring (bicyclic) bond motifs is 1. The minimum absolute atomic E-state index is 0.130. The van der Waals surface area contributed by atoms with Crippen molar-refractivity contribution < 1.29 is 8.42 Å². The van der Waals surface area contributed by atoms with Crippen LogP contribution in [0.3, 0.4) is 0 Å². The summed E-state index contributed by atoms with van der Waals surface area (Å²) in [5, 5.41) is 0.403. The number of rotatable bonds is 3. The highest BCUT2D eigenvalue weighted by Crippen LogP contribution is 2.27. The van der Waals surface area contributed by atoms with E-state index in [1.807, 2.05) is 25.1 Å². The number of halogens is 1. The van der Waals surface area contributed by atoms with Crippen LogP contribution < -0.4 is 4.72 Å². The largest absolute Gasteiger partial charge is 0.258 e. The van der Waals surface area contributed by atoms with Gasteiger partial charge < -0.3 is 0 Å². The first-order valence-corrected chi connectivity index (χ1v) is 8.03. The number of nitrogens with zero attached hydrogens (tertiary/aromatic N) is 1. The van der Waals surface area contributed by atoms with Gasteiger partial charge in [0.05, 0.1) is 10.2 Å². The topological polar surface area (TPSA) is 59.1 Å². The van der Waals surface area contributed by atoms with Crippen LogP contribution in [0.25, 0.3) is 10.2 Å². The van der Waals surface area contributed by atoms with Gasteiger partial charge in [-0.1, -0.05) is 33.3 Å². The molecule has 0 spiro atoms. The van der Waals surface area contributed by atoms with Gasteiger partial charge in [-0.05, 0) is 24.6 Å². The van der Waals surface area contributed by atoms with Gasteiger partial charge in [0.2, 0.25) is 10.0 Å². The molecule has 1 N–H and O–H groups in total. The van der Waals surface area contributed by atoms with E-state index in [-0.39, 0.29) is 4.66 Å². The molecule has 0 aliphatic rings. The summed E-state index contributed by atoms with van der Waals surface area (Å²) in [6, 6.07) is 5.82. The molecule has 0 saturated heterocycles. The maximum absolute atomic E-state index is 11.3. The molecule has 1 heterocycles. The molecular weight excluding hydrogens is 312 g/mol. The number of alkyl halides is 1. The first-order chi connectivity index (χ1) is 7.50. The molecule has 16 heavy (non-hydrogen) atoms. The van der Waals surface area contributed by atoms with Crippen LogP contribution in [0.15, 0.2) is 18.2 Å². The normalized spacial score (nSPS) is 11.9. The molecule has 0 saturated carbocycles. The lowest BCUT2D eigenvalue weighted by atomic mass is 10.2. The summed E-state index contributed by atoms with van der Waals surface area (Å²) in [6.45, 7) is 1.99. The van der Waals surface area contributed by atoms with Crippen molar-refractivity contribution in [2.45, 2.75) is 6.92 Å². The highest BCUT2D eigenvalue weighted by Gasteiger charge is 2.11. The summed E-state index contributed by atoms with van der Waals surface area (Å²) >= 11 is 4.24. The van der Waals surface area contributed by atoms with Crippen LogP contribution in [-0.2, 0) is 10.0 Å². The lowest BCUT2D eigenvalue weighted by Crippen LogP contribution is -2.12. The van der Waals surface area contributed by atoms with Crippen LogP contribution in [0.1, 0.15) is 5.56 Å². The number of hydrogen-bond acceptors (Lipinski definition) is 4. The van der Waals surface area contributed by atoms with E-state index in [1.165, 1.54) is 11.3 Å². The Bertz CT molecular complexity index is 621. The molecule has 0 amide bonds. The van der Waals surface area contributed by atoms with Crippen molar-refractivity contribution in [3.8, 4) is 0 Å². The number of nitrogens with one attached hydrogen (secondary N) is 1. The van der Waals surface area contributed by atoms with Crippen LogP contribution in [0.5, 0.6) is 0 Å². The van der Waals surface area contributed by atoms with E-state index < -0.39 is 10.0 Å². The monoisotopic (exact) mass is 320 g/mol. The summed E-state index contributed by atoms with van der Waals surface area (Å²) in [7, 11) is -3.32. The van der Waals surface area contributed by atoms with Gasteiger partial charge in [0.15, 0.2) is 5.13 Å². The zero-order valence-corrected chi connectivity index (χ0v) is 11.6. The first kappa shape index (κ1) is 11.8. The third-order valence-corrected chi connectivity index (χ3v) is 5.59. The molecule has 7 heteroatoms. The van der Waals surface area contributed by atoms with Gasteiger partial charge >= 0.3 is 0 Å². The average Bonchev–Trinajstić information content (AvgIpc) is 2.58. The predicted molar refractivity (Wildman–Crippen MR) is 70.7 cm³/mol. The maximum atomic E-state index is 11.3. The van der Waals surface area contributed by atoms with Crippen molar-refractivity contribution in [1.82, 2.24) is 4.98 Å². The predicted octanol–water partition coefficient (Wildman–Crippen LogP) is 2.70. The summed E-state index contributed by atoms with van der Waals surface area (Å²) in [5.74, 6) is 0. The molecule has 0 bridgehead atoms. The number of sulfonamides is 1. The molecule has 0 unspecified atom stereocenters. The molecule has 1 aromatic carbocycles. The SMILES string of the molecule is Cc1ccc2nc(NS(=O)(=O)CBr)sc2c1. The Hall–Kier alpha value is -0.660. The van der Waals surface area contributed by atoms with E-state index in [1.54, 1.807) is 0 Å². The summed E-state index contributed by atoms with van der Waals surface area (Å²) in [5.41, 5.74) is 1.94. The third kappa shape index (κ3) is 2.53. The van der Waals surface area contributed by atoms with E-state index in [0.29, 0.717) is 5.13 Å². The minimum atomic E-state index is -3.32. The molecule has 1 aromatic heterocycles. The molecule has 0 atom stereocenters. The van der Waals surface area contributed by atoms with Crippen molar-refractivity contribution in [2.75, 3.05) is 9.38 Å². The number of anilines is 1. The van der Waals surface area contributed by atoms with Gasteiger partial charge in [0, 0.05) is 0 Å². The molecular formula is C9H9BrN2O2S2. The van der Waals surface area contributed by atoms with Gasteiger partial charge in [-0.3, -0.25) is 4.72 Å². The molecule has 0 aliphatic carbocycles. The Labute approximate surface area is 106 Å². The Morgan fingerprint density at radius 1 is 1.50 bits per heavy atom. The van der Waals surface area contributed by atoms with E-state index in [0.717, 1.165) is 15.8 Å². The number of aryl methyl sites for hydroxylation is 1. The van der Waals surface area contributed by atoms with Crippen molar-refractivity contribution >= 4 is 52.6 Å². The average molecular weight is 321 g/mol. The number of thiazole rings is 1. The third-order valence-electron chi connectivity index (χ3n) is 1.93. The Morgan fingerprint density at radius 3 is 2.94 bits per heavy atom. The van der Waals surface area contributed by atoms with Crippen LogP contribution in [0.2, 0.25) is 0 Å². The first-order valence-electron chi connectivity index (χ1n) is 4.44. The second-order valence-corrected chi connectivity index (χ2v) is 7.37. The maximum Gasteiger partial charge on any atom is 0.244 e. The van der Waals surface area contributed by atoms with Crippen LogP contribution in [0.4, 0.5) is 5.13 Å². The summed E-state index contributed by atoms with van der Waals surface area (Å²) in [4.78, 5) is 4.19. The molecule has 2 rings (SSSR count). The van der Waals surface area contributed by atoms with E-state index in [4.69, 9.17) is 0 Å². The van der Waals surface area contributed by atoms with Crippen molar-refractivity contribution in [3.63, 3.8) is 0 Å². The molecule has 86 valence electrons. The van der Waals surface area contributed by atoms with Crippen molar-refractivity contribution in [2.24, 2.45) is 0 Å². The fourth-order valence-electron chi connectivity index (χ4n) is 1.24. The van der Waals surface area contributed by atoms with Crippen LogP contribution in [-0.4, -0.2) is 18.1 Å². The minimum Gasteiger partial charge on any atom is -0.258 e. The molecule has 2 aromatic rings. The lowest BCUT2D eigenvalue weighted by molar-refractivity contribution is 0.606. The van der Waals surface area contributed by atoms with Crippen molar-refractivity contribution in [3.05, 3.63) is 23.8 Å². The number of benzene rings is 1. The zero-order valence-electron chi connectivity index (χ0n) is 8.40. The smallest absolute Gasteiger partial charge is 0.244 e. The van der Waals surface area contributed by atoms with Gasteiger partial charge in [-0.2, -0.15) is 0 Å². The fourth-order valence-corrected chi connectivity index (χ4v) is 3.31. The van der Waals surface area contributed by atoms with Crippen molar-refractivity contribution in [1.29, 1.82) is 0 Å². The lowest BCUT2D eigenvalue weighted by Gasteiger charge is -1.98. The second kappa shape index (κ2) is 4.31. The highest BCUT2D eigenvalue weighted by molar-refractivity contribution is 9.10. The molecule has 0 fully saturated rings. The quantitative estimate of drug-likeness (QED) is 0.884. The van der Waals surface area contributed by atoms with Gasteiger partial charge in [0.25, 0.3) is 0 Å². The van der Waals surface area contributed by atoms with Gasteiger partial charge in [0.1, 0.15) is 4.66 Å². The van der Waals surface area contributed by atoms with Gasteiger partial charge in [-0.25, -0.2) is 13.4 Å². The highest BCUT2D eigenvalue weighted by atomic mass is 79.9. The molecule has 0 radical (unpaired) electrons. The van der Waals surface area contributed by atoms with E-state index in [9.17, 15) is 8.42 Å². The fraction of sp³-hybridized carbons (Fsp3) is 0.222. The molecule has 0 aliphatic heterocycles. The summed E-state index contributed by atoms with van der Waals surface area (Å²) in [6.07, 6.45) is 0. The van der Waals surface area contributed by atoms with Crippen LogP contribution >= 0.6 is 27.3 Å². The Morgan fingerprint density at radius 2 is 2.25 bits per heavy atom. The van der Waals surface area contributed by atoms with E-state index >= 15 is 0 Å². The number of aromatic nitrogens is 1. The standard InChI is InChI=1S/C9H9BrN2O2S2/c1-6-2-3-7-8(4-6)15-9(11-7)12-16(13,14)5-10/h2-4H,5H2,1H3,(H,11,12). The zero-order chi connectivity index (χ0) is 11.8. The summed E-state index contributed by atoms with van der Waals surface area (Å²) < 4.78 is 25.9. The van der Waals surface area contributed by atoms with Gasteiger partial charge in [-0.15, -0.1) is 0 Å². The van der Waals surface area contributed by atoms with E-state index in [2.05, 4.69) is 25.6 Å². The Balaban J connectivity index is 2.40. The number of hydrogen-bond donors (Lipinski definition) is 1.